The van der Waals surface area contributed by atoms with Crippen LogP contribution in [0.2, 0.25) is 0 Å². The fourth-order valence-corrected chi connectivity index (χ4v) is 3.59. The number of aryl methyl sites for hydroxylation is 5. The van der Waals surface area contributed by atoms with E-state index in [0.717, 1.165) is 10.4 Å². The lowest BCUT2D eigenvalue weighted by Crippen LogP contribution is -2.07. The molecule has 0 radical (unpaired) electrons. The van der Waals surface area contributed by atoms with E-state index in [4.69, 9.17) is 0 Å². The van der Waals surface area contributed by atoms with Crippen LogP contribution in [0.3, 0.4) is 0 Å². The molecule has 0 unspecified atom stereocenters. The van der Waals surface area contributed by atoms with Gasteiger partial charge in [-0.1, -0.05) is 17.7 Å². The summed E-state index contributed by atoms with van der Waals surface area (Å²) in [5, 5.41) is 0. The number of rotatable bonds is 3. The van der Waals surface area contributed by atoms with E-state index in [1.165, 1.54) is 27.1 Å². The van der Waals surface area contributed by atoms with Gasteiger partial charge in [-0.05, 0) is 57.4 Å². The van der Waals surface area contributed by atoms with E-state index >= 15 is 0 Å². The third-order valence-electron chi connectivity index (χ3n) is 3.52. The molecule has 1 heterocycles. The van der Waals surface area contributed by atoms with Crippen molar-refractivity contribution in [3.8, 4) is 0 Å². The molecule has 0 aliphatic carbocycles. The summed E-state index contributed by atoms with van der Waals surface area (Å²) in [6.07, 6.45) is 0.509. The van der Waals surface area contributed by atoms with Crippen LogP contribution in [0.5, 0.6) is 0 Å². The van der Waals surface area contributed by atoms with E-state index in [1.54, 1.807) is 11.3 Å². The maximum atomic E-state index is 12.4. The third kappa shape index (κ3) is 2.95. The molecule has 19 heavy (non-hydrogen) atoms. The molecule has 0 aliphatic heterocycles. The van der Waals surface area contributed by atoms with Gasteiger partial charge in [0.05, 0.1) is 0 Å². The molecule has 0 bridgehead atoms. The second kappa shape index (κ2) is 5.30. The van der Waals surface area contributed by atoms with Crippen LogP contribution < -0.4 is 0 Å². The van der Waals surface area contributed by atoms with Crippen molar-refractivity contribution in [1.29, 1.82) is 0 Å². The van der Waals surface area contributed by atoms with Gasteiger partial charge in [0.1, 0.15) is 0 Å². The summed E-state index contributed by atoms with van der Waals surface area (Å²) in [6, 6.07) is 6.32. The van der Waals surface area contributed by atoms with Crippen LogP contribution in [-0.2, 0) is 6.42 Å². The Hall–Kier alpha value is -1.41. The lowest BCUT2D eigenvalue weighted by molar-refractivity contribution is 0.0992. The SMILES string of the molecule is Cc1cc(C)c(CC(=O)c2cc(C)sc2C)c(C)c1. The Kier molecular flexibility index (Phi) is 3.91. The quantitative estimate of drug-likeness (QED) is 0.739. The number of carbonyl (C=O) groups excluding carboxylic acids is 1. The molecule has 1 nitrogen and oxygen atoms in total. The second-order valence-corrected chi connectivity index (χ2v) is 6.76. The number of carbonyl (C=O) groups is 1. The van der Waals surface area contributed by atoms with Crippen LogP contribution in [-0.4, -0.2) is 5.78 Å². The van der Waals surface area contributed by atoms with Crippen molar-refractivity contribution < 1.29 is 4.79 Å². The van der Waals surface area contributed by atoms with Crippen LogP contribution >= 0.6 is 11.3 Å². The first kappa shape index (κ1) is 14.0. The minimum Gasteiger partial charge on any atom is -0.294 e. The average Bonchev–Trinajstić information content (AvgIpc) is 2.62. The van der Waals surface area contributed by atoms with Gasteiger partial charge in [0, 0.05) is 21.7 Å². The van der Waals surface area contributed by atoms with Crippen molar-refractivity contribution in [2.45, 2.75) is 41.0 Å². The molecule has 2 rings (SSSR count). The summed E-state index contributed by atoms with van der Waals surface area (Å²) in [5.41, 5.74) is 5.76. The zero-order valence-electron chi connectivity index (χ0n) is 12.3. The van der Waals surface area contributed by atoms with Gasteiger partial charge in [0.2, 0.25) is 0 Å². The third-order valence-corrected chi connectivity index (χ3v) is 4.49. The molecule has 2 heteroatoms. The largest absolute Gasteiger partial charge is 0.294 e. The van der Waals surface area contributed by atoms with Crippen LogP contribution in [0.4, 0.5) is 0 Å². The van der Waals surface area contributed by atoms with Crippen molar-refractivity contribution in [2.75, 3.05) is 0 Å². The lowest BCUT2D eigenvalue weighted by Gasteiger charge is -2.10. The number of hydrogen-bond donors (Lipinski definition) is 0. The smallest absolute Gasteiger partial charge is 0.168 e. The maximum Gasteiger partial charge on any atom is 0.168 e. The van der Waals surface area contributed by atoms with Gasteiger partial charge in [0.15, 0.2) is 5.78 Å². The van der Waals surface area contributed by atoms with Gasteiger partial charge in [-0.25, -0.2) is 0 Å². The number of Topliss-reactive ketones (excluding diaryl/α,β-unsaturated/α-hetero) is 1. The highest BCUT2D eigenvalue weighted by Crippen LogP contribution is 2.24. The van der Waals surface area contributed by atoms with Gasteiger partial charge < -0.3 is 0 Å². The Morgan fingerprint density at radius 3 is 2.05 bits per heavy atom. The Labute approximate surface area is 119 Å². The number of thiophene rings is 1. The molecule has 1 aromatic carbocycles. The summed E-state index contributed by atoms with van der Waals surface area (Å²) in [5.74, 6) is 0.233. The van der Waals surface area contributed by atoms with Crippen LogP contribution in [0.25, 0.3) is 0 Å². The Balaban J connectivity index is 2.32. The summed E-state index contributed by atoms with van der Waals surface area (Å²) in [4.78, 5) is 14.8. The van der Waals surface area contributed by atoms with Gasteiger partial charge in [0.25, 0.3) is 0 Å². The van der Waals surface area contributed by atoms with E-state index < -0.39 is 0 Å². The van der Waals surface area contributed by atoms with E-state index in [-0.39, 0.29) is 5.78 Å². The molecule has 0 N–H and O–H groups in total. The first-order valence-corrected chi connectivity index (χ1v) is 7.37. The maximum absolute atomic E-state index is 12.4. The minimum absolute atomic E-state index is 0.233. The molecule has 1 aromatic heterocycles. The van der Waals surface area contributed by atoms with Crippen molar-refractivity contribution in [2.24, 2.45) is 0 Å². The molecule has 0 atom stereocenters. The van der Waals surface area contributed by atoms with E-state index in [2.05, 4.69) is 39.8 Å². The summed E-state index contributed by atoms with van der Waals surface area (Å²) in [7, 11) is 0. The molecule has 100 valence electrons. The number of ketones is 1. The molecule has 0 aliphatic rings. The number of benzene rings is 1. The molecule has 2 aromatic rings. The molecular weight excluding hydrogens is 252 g/mol. The highest BCUT2D eigenvalue weighted by Gasteiger charge is 2.15. The fraction of sp³-hybridized carbons (Fsp3) is 0.353. The Morgan fingerprint density at radius 2 is 1.58 bits per heavy atom. The van der Waals surface area contributed by atoms with Gasteiger partial charge in [-0.2, -0.15) is 0 Å². The van der Waals surface area contributed by atoms with E-state index in [0.29, 0.717) is 6.42 Å². The monoisotopic (exact) mass is 272 g/mol. The Bertz CT molecular complexity index is 612. The second-order valence-electron chi connectivity index (χ2n) is 5.30. The highest BCUT2D eigenvalue weighted by atomic mass is 32.1. The van der Waals surface area contributed by atoms with E-state index in [1.807, 2.05) is 13.0 Å². The van der Waals surface area contributed by atoms with Crippen LogP contribution in [0.1, 0.15) is 42.4 Å². The highest BCUT2D eigenvalue weighted by molar-refractivity contribution is 7.12. The Morgan fingerprint density at radius 1 is 1.00 bits per heavy atom. The normalized spacial score (nSPS) is 10.8. The predicted octanol–water partition coefficient (Wildman–Crippen LogP) is 4.72. The first-order valence-electron chi connectivity index (χ1n) is 6.55. The summed E-state index contributed by atoms with van der Waals surface area (Å²) < 4.78 is 0. The first-order chi connectivity index (χ1) is 8.88. The average molecular weight is 272 g/mol. The van der Waals surface area contributed by atoms with Gasteiger partial charge in [-0.3, -0.25) is 4.79 Å². The van der Waals surface area contributed by atoms with Crippen LogP contribution in [0, 0.1) is 34.6 Å². The fourth-order valence-electron chi connectivity index (χ4n) is 2.65. The van der Waals surface area contributed by atoms with Crippen LogP contribution in [0.15, 0.2) is 18.2 Å². The number of hydrogen-bond acceptors (Lipinski definition) is 2. The molecular formula is C17H20OS. The summed E-state index contributed by atoms with van der Waals surface area (Å²) in [6.45, 7) is 10.4. The van der Waals surface area contributed by atoms with Gasteiger partial charge in [-0.15, -0.1) is 11.3 Å². The lowest BCUT2D eigenvalue weighted by atomic mass is 9.94. The molecule has 0 saturated carbocycles. The molecule has 0 saturated heterocycles. The zero-order valence-corrected chi connectivity index (χ0v) is 13.1. The van der Waals surface area contributed by atoms with Crippen molar-refractivity contribution >= 4 is 17.1 Å². The summed E-state index contributed by atoms with van der Waals surface area (Å²) >= 11 is 1.70. The zero-order chi connectivity index (χ0) is 14.2. The predicted molar refractivity (Wildman–Crippen MR) is 82.5 cm³/mol. The van der Waals surface area contributed by atoms with Gasteiger partial charge >= 0.3 is 0 Å². The molecule has 0 spiro atoms. The van der Waals surface area contributed by atoms with Crippen molar-refractivity contribution in [1.82, 2.24) is 0 Å². The van der Waals surface area contributed by atoms with Crippen molar-refractivity contribution in [3.05, 3.63) is 55.8 Å². The van der Waals surface area contributed by atoms with Crippen molar-refractivity contribution in [3.63, 3.8) is 0 Å². The topological polar surface area (TPSA) is 17.1 Å². The molecule has 0 amide bonds. The minimum atomic E-state index is 0.233. The molecule has 0 fully saturated rings. The van der Waals surface area contributed by atoms with E-state index in [9.17, 15) is 4.79 Å². The standard InChI is InChI=1S/C17H20OS/c1-10-6-11(2)15(12(3)7-10)9-17(18)16-8-13(4)19-14(16)5/h6-8H,9H2,1-5H3.